The van der Waals surface area contributed by atoms with Crippen molar-refractivity contribution in [1.29, 1.82) is 0 Å². The molecule has 0 saturated carbocycles. The summed E-state index contributed by atoms with van der Waals surface area (Å²) in [7, 11) is 0. The van der Waals surface area contributed by atoms with E-state index in [9.17, 15) is 24.1 Å². The largest absolute Gasteiger partial charge is 0.462 e. The Morgan fingerprint density at radius 2 is 1.83 bits per heavy atom. The minimum absolute atomic E-state index is 0.0825. The second kappa shape index (κ2) is 8.52. The first-order valence-electron chi connectivity index (χ1n) is 8.89. The number of carbonyl (C=O) groups is 2. The highest BCUT2D eigenvalue weighted by Crippen LogP contribution is 2.22. The molecule has 0 bridgehead atoms. The minimum atomic E-state index is -0.776. The summed E-state index contributed by atoms with van der Waals surface area (Å²) in [5.41, 5.74) is 0.456. The van der Waals surface area contributed by atoms with Gasteiger partial charge in [0.1, 0.15) is 11.6 Å². The number of anilines is 1. The van der Waals surface area contributed by atoms with Crippen LogP contribution in [-0.2, 0) is 4.74 Å². The molecule has 9 nitrogen and oxygen atoms in total. The van der Waals surface area contributed by atoms with Crippen molar-refractivity contribution >= 4 is 23.4 Å². The molecule has 3 aromatic rings. The summed E-state index contributed by atoms with van der Waals surface area (Å²) >= 11 is 0. The maximum absolute atomic E-state index is 13.2. The first kappa shape index (κ1) is 20.6. The number of ether oxygens (including phenoxy) is 1. The van der Waals surface area contributed by atoms with Crippen LogP contribution in [0.1, 0.15) is 33.3 Å². The van der Waals surface area contributed by atoms with Gasteiger partial charge in [-0.3, -0.25) is 14.9 Å². The van der Waals surface area contributed by atoms with Crippen molar-refractivity contribution in [2.45, 2.75) is 13.8 Å². The molecule has 1 heterocycles. The number of esters is 1. The van der Waals surface area contributed by atoms with Crippen LogP contribution in [0.4, 0.5) is 15.9 Å². The zero-order valence-corrected chi connectivity index (χ0v) is 16.1. The molecule has 0 saturated heterocycles. The molecule has 0 fully saturated rings. The number of nitro benzene ring substituents is 1. The molecule has 0 radical (unpaired) electrons. The topological polar surface area (TPSA) is 116 Å². The van der Waals surface area contributed by atoms with E-state index < -0.39 is 28.3 Å². The fourth-order valence-corrected chi connectivity index (χ4v) is 2.74. The van der Waals surface area contributed by atoms with Crippen molar-refractivity contribution in [3.63, 3.8) is 0 Å². The predicted molar refractivity (Wildman–Crippen MR) is 105 cm³/mol. The van der Waals surface area contributed by atoms with Gasteiger partial charge in [-0.1, -0.05) is 0 Å². The molecule has 30 heavy (non-hydrogen) atoms. The number of benzene rings is 2. The third-order valence-corrected chi connectivity index (χ3v) is 4.05. The average molecular weight is 412 g/mol. The van der Waals surface area contributed by atoms with Crippen molar-refractivity contribution in [2.24, 2.45) is 0 Å². The molecular formula is C20H17FN4O5. The summed E-state index contributed by atoms with van der Waals surface area (Å²) in [5.74, 6) is -1.61. The lowest BCUT2D eigenvalue weighted by Gasteiger charge is -2.10. The first-order valence-corrected chi connectivity index (χ1v) is 8.89. The van der Waals surface area contributed by atoms with Crippen LogP contribution in [-0.4, -0.2) is 33.2 Å². The highest BCUT2D eigenvalue weighted by atomic mass is 19.1. The first-order chi connectivity index (χ1) is 14.3. The SMILES string of the molecule is CCOC(=O)c1cc(C(=O)Nc2cc(C)nn2-c2ccc(F)cc2)cc([N+](=O)[O-])c1. The van der Waals surface area contributed by atoms with Gasteiger partial charge in [0.15, 0.2) is 0 Å². The van der Waals surface area contributed by atoms with E-state index in [1.54, 1.807) is 19.9 Å². The monoisotopic (exact) mass is 412 g/mol. The van der Waals surface area contributed by atoms with Gasteiger partial charge in [-0.25, -0.2) is 13.9 Å². The zero-order chi connectivity index (χ0) is 21.8. The highest BCUT2D eigenvalue weighted by Gasteiger charge is 2.20. The lowest BCUT2D eigenvalue weighted by molar-refractivity contribution is -0.384. The molecule has 0 aliphatic heterocycles. The number of halogens is 1. The van der Waals surface area contributed by atoms with Crippen molar-refractivity contribution in [3.05, 3.63) is 81.3 Å². The Labute approximate surface area is 170 Å². The molecule has 0 aliphatic rings. The molecule has 0 atom stereocenters. The molecular weight excluding hydrogens is 395 g/mol. The van der Waals surface area contributed by atoms with Gasteiger partial charge in [0.05, 0.1) is 28.5 Å². The number of aromatic nitrogens is 2. The van der Waals surface area contributed by atoms with Gasteiger partial charge in [-0.05, 0) is 44.2 Å². The van der Waals surface area contributed by atoms with Gasteiger partial charge in [-0.2, -0.15) is 5.10 Å². The zero-order valence-electron chi connectivity index (χ0n) is 16.1. The van der Waals surface area contributed by atoms with Gasteiger partial charge in [0.25, 0.3) is 11.6 Å². The predicted octanol–water partition coefficient (Wildman–Crippen LogP) is 3.66. The van der Waals surface area contributed by atoms with Crippen molar-refractivity contribution in [1.82, 2.24) is 9.78 Å². The van der Waals surface area contributed by atoms with Gasteiger partial charge in [0.2, 0.25) is 0 Å². The molecule has 0 aliphatic carbocycles. The Morgan fingerprint density at radius 3 is 2.47 bits per heavy atom. The van der Waals surface area contributed by atoms with Gasteiger partial charge >= 0.3 is 5.97 Å². The molecule has 2 aromatic carbocycles. The Kier molecular flexibility index (Phi) is 5.86. The van der Waals surface area contributed by atoms with Crippen LogP contribution in [0.25, 0.3) is 5.69 Å². The number of hydrogen-bond acceptors (Lipinski definition) is 6. The third kappa shape index (κ3) is 4.49. The Morgan fingerprint density at radius 1 is 1.17 bits per heavy atom. The van der Waals surface area contributed by atoms with Crippen LogP contribution in [0, 0.1) is 22.9 Å². The maximum Gasteiger partial charge on any atom is 0.338 e. The normalized spacial score (nSPS) is 10.5. The smallest absolute Gasteiger partial charge is 0.338 e. The lowest BCUT2D eigenvalue weighted by atomic mass is 10.1. The number of carbonyl (C=O) groups excluding carboxylic acids is 2. The number of non-ortho nitro benzene ring substituents is 1. The molecule has 0 spiro atoms. The number of nitrogens with zero attached hydrogens (tertiary/aromatic N) is 3. The van der Waals surface area contributed by atoms with E-state index in [0.717, 1.165) is 12.1 Å². The van der Waals surface area contributed by atoms with Gasteiger partial charge in [-0.15, -0.1) is 0 Å². The Hall–Kier alpha value is -4.08. The minimum Gasteiger partial charge on any atom is -0.462 e. The van der Waals surface area contributed by atoms with E-state index in [-0.39, 0.29) is 23.6 Å². The highest BCUT2D eigenvalue weighted by molar-refractivity contribution is 6.06. The Balaban J connectivity index is 1.96. The summed E-state index contributed by atoms with van der Waals surface area (Å²) in [6.07, 6.45) is 0. The summed E-state index contributed by atoms with van der Waals surface area (Å²) < 4.78 is 19.5. The number of rotatable bonds is 6. The summed E-state index contributed by atoms with van der Waals surface area (Å²) in [4.78, 5) is 35.3. The fourth-order valence-electron chi connectivity index (χ4n) is 2.74. The van der Waals surface area contributed by atoms with Crippen LogP contribution in [0.5, 0.6) is 0 Å². The number of hydrogen-bond donors (Lipinski definition) is 1. The van der Waals surface area contributed by atoms with Crippen molar-refractivity contribution in [3.8, 4) is 5.69 Å². The van der Waals surface area contributed by atoms with E-state index in [0.29, 0.717) is 11.4 Å². The van der Waals surface area contributed by atoms with Crippen LogP contribution in [0.2, 0.25) is 0 Å². The number of aryl methyl sites for hydroxylation is 1. The lowest BCUT2D eigenvalue weighted by Crippen LogP contribution is -2.16. The summed E-state index contributed by atoms with van der Waals surface area (Å²) in [6, 6.07) is 10.4. The van der Waals surface area contributed by atoms with Crippen molar-refractivity contribution < 1.29 is 23.6 Å². The summed E-state index contributed by atoms with van der Waals surface area (Å²) in [6.45, 7) is 3.39. The summed E-state index contributed by atoms with van der Waals surface area (Å²) in [5, 5.41) is 18.1. The van der Waals surface area contributed by atoms with Crippen LogP contribution >= 0.6 is 0 Å². The van der Waals surface area contributed by atoms with Crippen LogP contribution in [0.3, 0.4) is 0 Å². The van der Waals surface area contributed by atoms with Crippen LogP contribution in [0.15, 0.2) is 48.5 Å². The number of amides is 1. The number of nitro groups is 1. The maximum atomic E-state index is 13.2. The van der Waals surface area contributed by atoms with Crippen molar-refractivity contribution in [2.75, 3.05) is 11.9 Å². The van der Waals surface area contributed by atoms with Gasteiger partial charge < -0.3 is 10.1 Å². The second-order valence-electron chi connectivity index (χ2n) is 6.26. The third-order valence-electron chi connectivity index (χ3n) is 4.05. The molecule has 3 rings (SSSR count). The van der Waals surface area contributed by atoms with Gasteiger partial charge in [0, 0.05) is 23.8 Å². The molecule has 1 N–H and O–H groups in total. The van der Waals surface area contributed by atoms with E-state index >= 15 is 0 Å². The Bertz CT molecular complexity index is 1120. The standard InChI is InChI=1S/C20H17FN4O5/c1-3-30-20(27)14-9-13(10-17(11-14)25(28)29)19(26)22-18-8-12(2)23-24(18)16-6-4-15(21)5-7-16/h4-11H,3H2,1-2H3,(H,22,26). The molecule has 10 heteroatoms. The fraction of sp³-hybridized carbons (Fsp3) is 0.150. The molecule has 0 unspecified atom stereocenters. The average Bonchev–Trinajstić information content (AvgIpc) is 3.08. The van der Waals surface area contributed by atoms with E-state index in [1.807, 2.05) is 0 Å². The quantitative estimate of drug-likeness (QED) is 0.375. The van der Waals surface area contributed by atoms with E-state index in [2.05, 4.69) is 10.4 Å². The number of nitrogens with one attached hydrogen (secondary N) is 1. The van der Waals surface area contributed by atoms with E-state index in [1.165, 1.54) is 35.0 Å². The van der Waals surface area contributed by atoms with E-state index in [4.69, 9.17) is 4.74 Å². The second-order valence-corrected chi connectivity index (χ2v) is 6.26. The molecule has 1 aromatic heterocycles. The molecule has 154 valence electrons. The van der Waals surface area contributed by atoms with Crippen LogP contribution < -0.4 is 5.32 Å². The molecule has 1 amide bonds.